The third-order valence-corrected chi connectivity index (χ3v) is 3.46. The minimum atomic E-state index is -0.995. The molecule has 6 heteroatoms. The van der Waals surface area contributed by atoms with Gasteiger partial charge in [0.1, 0.15) is 16.6 Å². The number of thiazole rings is 1. The van der Waals surface area contributed by atoms with Gasteiger partial charge in [-0.25, -0.2) is 13.8 Å². The predicted molar refractivity (Wildman–Crippen MR) is 69.8 cm³/mol. The Labute approximate surface area is 114 Å². The fourth-order valence-corrected chi connectivity index (χ4v) is 2.49. The van der Waals surface area contributed by atoms with E-state index in [-0.39, 0.29) is 12.1 Å². The van der Waals surface area contributed by atoms with Crippen LogP contribution >= 0.6 is 11.3 Å². The van der Waals surface area contributed by atoms with Crippen LogP contribution in [0.25, 0.3) is 0 Å². The molecule has 0 aliphatic rings. The second-order valence-corrected chi connectivity index (χ2v) is 5.28. The third kappa shape index (κ3) is 3.79. The molecular weight excluding hydrogens is 270 g/mol. The van der Waals surface area contributed by atoms with E-state index in [2.05, 4.69) is 4.98 Å². The molecule has 0 spiro atoms. The maximum atomic E-state index is 13.5. The van der Waals surface area contributed by atoms with E-state index in [4.69, 9.17) is 0 Å². The fraction of sp³-hybridized carbons (Fsp3) is 0.308. The Morgan fingerprint density at radius 1 is 1.42 bits per heavy atom. The van der Waals surface area contributed by atoms with E-state index < -0.39 is 17.7 Å². The quantitative estimate of drug-likeness (QED) is 0.917. The highest BCUT2D eigenvalue weighted by Gasteiger charge is 2.16. The number of aliphatic hydroxyl groups is 1. The van der Waals surface area contributed by atoms with E-state index in [0.29, 0.717) is 6.54 Å². The van der Waals surface area contributed by atoms with Gasteiger partial charge in [0, 0.05) is 29.8 Å². The highest BCUT2D eigenvalue weighted by molar-refractivity contribution is 7.09. The lowest BCUT2D eigenvalue weighted by Crippen LogP contribution is -2.24. The number of likely N-dealkylation sites (N-methyl/N-ethyl adjacent to an activating group) is 1. The average Bonchev–Trinajstić information content (AvgIpc) is 2.81. The number of nitrogens with zero attached hydrogens (tertiary/aromatic N) is 2. The summed E-state index contributed by atoms with van der Waals surface area (Å²) >= 11 is 1.52. The second-order valence-electron chi connectivity index (χ2n) is 4.30. The molecule has 0 amide bonds. The molecule has 102 valence electrons. The van der Waals surface area contributed by atoms with Gasteiger partial charge >= 0.3 is 0 Å². The molecule has 2 aromatic rings. The van der Waals surface area contributed by atoms with E-state index in [0.717, 1.165) is 17.1 Å². The monoisotopic (exact) mass is 284 g/mol. The number of benzene rings is 1. The Hall–Kier alpha value is -1.37. The average molecular weight is 284 g/mol. The van der Waals surface area contributed by atoms with Gasteiger partial charge < -0.3 is 5.11 Å². The van der Waals surface area contributed by atoms with Crippen molar-refractivity contribution in [3.63, 3.8) is 0 Å². The summed E-state index contributed by atoms with van der Waals surface area (Å²) in [5.41, 5.74) is 0.104. The van der Waals surface area contributed by atoms with E-state index in [1.807, 2.05) is 17.3 Å². The molecule has 1 heterocycles. The van der Waals surface area contributed by atoms with Crippen LogP contribution in [0.4, 0.5) is 8.78 Å². The first-order valence-electron chi connectivity index (χ1n) is 5.76. The SMILES string of the molecule is CN(Cc1nccs1)CC(O)c1ccc(F)cc1F. The molecule has 3 nitrogen and oxygen atoms in total. The molecular formula is C13H14F2N2OS. The van der Waals surface area contributed by atoms with Crippen molar-refractivity contribution >= 4 is 11.3 Å². The first kappa shape index (κ1) is 14.0. The van der Waals surface area contributed by atoms with Crippen LogP contribution in [-0.4, -0.2) is 28.6 Å². The van der Waals surface area contributed by atoms with Crippen LogP contribution in [0.15, 0.2) is 29.8 Å². The van der Waals surface area contributed by atoms with Crippen LogP contribution < -0.4 is 0 Å². The summed E-state index contributed by atoms with van der Waals surface area (Å²) < 4.78 is 26.3. The minimum absolute atomic E-state index is 0.104. The van der Waals surface area contributed by atoms with Crippen molar-refractivity contribution < 1.29 is 13.9 Å². The Morgan fingerprint density at radius 3 is 2.84 bits per heavy atom. The summed E-state index contributed by atoms with van der Waals surface area (Å²) in [7, 11) is 1.81. The molecule has 0 saturated carbocycles. The van der Waals surface area contributed by atoms with E-state index >= 15 is 0 Å². The zero-order valence-corrected chi connectivity index (χ0v) is 11.2. The second kappa shape index (κ2) is 6.18. The summed E-state index contributed by atoms with van der Waals surface area (Å²) in [6.07, 6.45) is 0.717. The highest BCUT2D eigenvalue weighted by atomic mass is 32.1. The van der Waals surface area contributed by atoms with Gasteiger partial charge in [-0.15, -0.1) is 11.3 Å². The molecule has 1 atom stereocenters. The minimum Gasteiger partial charge on any atom is -0.387 e. The lowest BCUT2D eigenvalue weighted by atomic mass is 10.1. The van der Waals surface area contributed by atoms with Gasteiger partial charge in [0.2, 0.25) is 0 Å². The Kier molecular flexibility index (Phi) is 4.57. The molecule has 2 rings (SSSR count). The summed E-state index contributed by atoms with van der Waals surface area (Å²) in [5, 5.41) is 12.8. The van der Waals surface area contributed by atoms with Crippen molar-refractivity contribution in [2.24, 2.45) is 0 Å². The van der Waals surface area contributed by atoms with Crippen molar-refractivity contribution in [3.05, 3.63) is 52.0 Å². The fourth-order valence-electron chi connectivity index (χ4n) is 1.79. The number of aromatic nitrogens is 1. The number of halogens is 2. The first-order valence-corrected chi connectivity index (χ1v) is 6.64. The van der Waals surface area contributed by atoms with Gasteiger partial charge in [0.25, 0.3) is 0 Å². The van der Waals surface area contributed by atoms with E-state index in [1.54, 1.807) is 6.20 Å². The van der Waals surface area contributed by atoms with Crippen LogP contribution in [0.3, 0.4) is 0 Å². The standard InChI is InChI=1S/C13H14F2N2OS/c1-17(8-13-16-4-5-19-13)7-12(18)10-3-2-9(14)6-11(10)15/h2-6,12,18H,7-8H2,1H3. The molecule has 0 aliphatic carbocycles. The maximum absolute atomic E-state index is 13.5. The topological polar surface area (TPSA) is 36.4 Å². The zero-order chi connectivity index (χ0) is 13.8. The van der Waals surface area contributed by atoms with Crippen molar-refractivity contribution in [2.75, 3.05) is 13.6 Å². The lowest BCUT2D eigenvalue weighted by Gasteiger charge is -2.20. The summed E-state index contributed by atoms with van der Waals surface area (Å²) in [6, 6.07) is 3.19. The van der Waals surface area contributed by atoms with Crippen molar-refractivity contribution in [1.29, 1.82) is 0 Å². The summed E-state index contributed by atoms with van der Waals surface area (Å²) in [4.78, 5) is 5.98. The molecule has 0 bridgehead atoms. The number of hydrogen-bond donors (Lipinski definition) is 1. The first-order chi connectivity index (χ1) is 9.06. The Bertz CT molecular complexity index is 533. The van der Waals surface area contributed by atoms with Gasteiger partial charge in [-0.2, -0.15) is 0 Å². The van der Waals surface area contributed by atoms with Gasteiger partial charge in [0.05, 0.1) is 12.6 Å². The molecule has 1 unspecified atom stereocenters. The molecule has 19 heavy (non-hydrogen) atoms. The third-order valence-electron chi connectivity index (χ3n) is 2.69. The number of rotatable bonds is 5. The molecule has 1 aromatic heterocycles. The number of hydrogen-bond acceptors (Lipinski definition) is 4. The smallest absolute Gasteiger partial charge is 0.131 e. The van der Waals surface area contributed by atoms with Gasteiger partial charge in [-0.1, -0.05) is 6.07 Å². The van der Waals surface area contributed by atoms with Crippen molar-refractivity contribution in [1.82, 2.24) is 9.88 Å². The van der Waals surface area contributed by atoms with E-state index in [1.165, 1.54) is 17.4 Å². The molecule has 0 aliphatic heterocycles. The zero-order valence-electron chi connectivity index (χ0n) is 10.4. The number of aliphatic hydroxyl groups excluding tert-OH is 1. The molecule has 1 aromatic carbocycles. The molecule has 0 radical (unpaired) electrons. The van der Waals surface area contributed by atoms with Gasteiger partial charge in [0.15, 0.2) is 0 Å². The van der Waals surface area contributed by atoms with Crippen molar-refractivity contribution in [2.45, 2.75) is 12.6 Å². The van der Waals surface area contributed by atoms with Crippen LogP contribution in [0, 0.1) is 11.6 Å². The van der Waals surface area contributed by atoms with Crippen LogP contribution in [0.2, 0.25) is 0 Å². The van der Waals surface area contributed by atoms with E-state index in [9.17, 15) is 13.9 Å². The van der Waals surface area contributed by atoms with Crippen LogP contribution in [0.1, 0.15) is 16.7 Å². The highest BCUT2D eigenvalue weighted by Crippen LogP contribution is 2.19. The molecule has 1 N–H and O–H groups in total. The van der Waals surface area contributed by atoms with Gasteiger partial charge in [-0.3, -0.25) is 4.90 Å². The summed E-state index contributed by atoms with van der Waals surface area (Å²) in [6.45, 7) is 0.833. The van der Waals surface area contributed by atoms with Crippen molar-refractivity contribution in [3.8, 4) is 0 Å². The van der Waals surface area contributed by atoms with Crippen LogP contribution in [0.5, 0.6) is 0 Å². The Morgan fingerprint density at radius 2 is 2.21 bits per heavy atom. The largest absolute Gasteiger partial charge is 0.387 e. The predicted octanol–water partition coefficient (Wildman–Crippen LogP) is 2.59. The normalized spacial score (nSPS) is 12.9. The maximum Gasteiger partial charge on any atom is 0.131 e. The lowest BCUT2D eigenvalue weighted by molar-refractivity contribution is 0.120. The Balaban J connectivity index is 1.98. The van der Waals surface area contributed by atoms with Crippen LogP contribution in [-0.2, 0) is 6.54 Å². The van der Waals surface area contributed by atoms with Gasteiger partial charge in [-0.05, 0) is 13.1 Å². The molecule has 0 saturated heterocycles. The molecule has 0 fully saturated rings. The summed E-state index contributed by atoms with van der Waals surface area (Å²) in [5.74, 6) is -1.38.